The smallest absolute Gasteiger partial charge is 0.724 e. The maximum Gasteiger partial charge on any atom is 4.00 e. The van der Waals surface area contributed by atoms with E-state index < -0.39 is 11.7 Å². The number of hydrogen-bond donors (Lipinski definition) is 0. The van der Waals surface area contributed by atoms with E-state index in [1.165, 1.54) is 6.07 Å². The molecule has 6 nitrogen and oxygen atoms in total. The molecule has 0 aromatic heterocycles. The van der Waals surface area contributed by atoms with E-state index in [-0.39, 0.29) is 21.7 Å². The minimum absolute atomic E-state index is 0. The molecule has 1 aromatic carbocycles. The van der Waals surface area contributed by atoms with Crippen LogP contribution in [-0.2, 0) is 42.3 Å². The van der Waals surface area contributed by atoms with Crippen LogP contribution in [0.25, 0.3) is 27.4 Å². The van der Waals surface area contributed by atoms with E-state index in [9.17, 15) is 13.2 Å². The van der Waals surface area contributed by atoms with Gasteiger partial charge in [0.25, 0.3) is 0 Å². The summed E-state index contributed by atoms with van der Waals surface area (Å²) in [4.78, 5) is 24.7. The van der Waals surface area contributed by atoms with Crippen molar-refractivity contribution in [3.05, 3.63) is 86.6 Å². The zero-order valence-electron chi connectivity index (χ0n) is 17.1. The molecule has 10 heteroatoms. The molecule has 0 bridgehead atoms. The van der Waals surface area contributed by atoms with Crippen molar-refractivity contribution in [1.29, 1.82) is 0 Å². The van der Waals surface area contributed by atoms with Crippen molar-refractivity contribution < 1.29 is 49.3 Å². The van der Waals surface area contributed by atoms with Gasteiger partial charge in [0.05, 0.1) is 0 Å². The Bertz CT molecular complexity index is 992. The fourth-order valence-corrected chi connectivity index (χ4v) is 3.14. The summed E-state index contributed by atoms with van der Waals surface area (Å²) in [5, 5.41) is 20.3. The molecule has 0 heterocycles. The first kappa shape index (κ1) is 31.0. The van der Waals surface area contributed by atoms with Gasteiger partial charge in [-0.1, -0.05) is 46.6 Å². The molecule has 0 atom stereocenters. The molecule has 3 rings (SSSR count). The molecule has 32 heavy (non-hydrogen) atoms. The number of alkyl halides is 3. The van der Waals surface area contributed by atoms with Gasteiger partial charge in [-0.05, 0) is 50.5 Å². The van der Waals surface area contributed by atoms with Crippen LogP contribution in [0, 0.1) is 6.07 Å². The zero-order chi connectivity index (χ0) is 24.0. The molecule has 0 saturated carbocycles. The molecule has 0 radical (unpaired) electrons. The second kappa shape index (κ2) is 15.6. The minimum atomic E-state index is -4.40. The van der Waals surface area contributed by atoms with Gasteiger partial charge in [0.2, 0.25) is 0 Å². The number of hydrogen-bond acceptors (Lipinski definition) is 3. The van der Waals surface area contributed by atoms with Crippen LogP contribution < -0.4 is 0 Å². The van der Waals surface area contributed by atoms with Gasteiger partial charge in [-0.15, -0.1) is 11.1 Å². The van der Waals surface area contributed by atoms with E-state index in [1.54, 1.807) is 6.07 Å². The SMILES string of the molecule is CC1=C(c2cc[c-]c(C(F)(F)F)c2C2=C(C)C=CC2)CC=C1.[N-]=C=O.[N-]=C=O.[N-]=C=O.[Ti+4]. The molecule has 1 aromatic rings. The number of benzene rings is 1. The van der Waals surface area contributed by atoms with Gasteiger partial charge in [0.15, 0.2) is 0 Å². The van der Waals surface area contributed by atoms with Crippen LogP contribution in [0.15, 0.2) is 47.6 Å². The molecule has 162 valence electrons. The quantitative estimate of drug-likeness (QED) is 0.238. The number of allylic oxidation sites excluding steroid dienone is 8. The van der Waals surface area contributed by atoms with Crippen LogP contribution >= 0.6 is 0 Å². The topological polar surface area (TPSA) is 118 Å². The Balaban J connectivity index is 0. The van der Waals surface area contributed by atoms with Crippen molar-refractivity contribution in [1.82, 2.24) is 0 Å². The fraction of sp³-hybridized carbons (Fsp3) is 0.227. The number of carbonyl (C=O) groups excluding carboxylic acids is 3. The van der Waals surface area contributed by atoms with Crippen molar-refractivity contribution >= 4 is 29.4 Å². The van der Waals surface area contributed by atoms with Crippen LogP contribution in [0.4, 0.5) is 13.2 Å². The van der Waals surface area contributed by atoms with Crippen LogP contribution in [0.3, 0.4) is 0 Å². The number of nitrogens with zero attached hydrogens (tertiary/aromatic N) is 3. The molecule has 0 aliphatic heterocycles. The van der Waals surface area contributed by atoms with Crippen LogP contribution in [0.1, 0.15) is 43.4 Å². The largest absolute Gasteiger partial charge is 4.00 e. The van der Waals surface area contributed by atoms with Gasteiger partial charge in [0, 0.05) is 0 Å². The fourth-order valence-electron chi connectivity index (χ4n) is 3.14. The summed E-state index contributed by atoms with van der Waals surface area (Å²) in [6, 6.07) is 5.57. The van der Waals surface area contributed by atoms with Crippen molar-refractivity contribution in [2.24, 2.45) is 0 Å². The first-order chi connectivity index (χ1) is 14.6. The Morgan fingerprint density at radius 3 is 1.62 bits per heavy atom. The molecule has 2 aliphatic rings. The standard InChI is InChI=1S/C19H16F3.3CNO.Ti/c1-12-6-3-8-14(12)16-10-5-11-17(19(20,21)22)18(16)15-9-4-7-13(15)2;3*2-1-3;/h3-7,10H,8-9H2,1-2H3;;;;/q4*-1;+4. The molecule has 0 fully saturated rings. The van der Waals surface area contributed by atoms with Crippen LogP contribution in [0.2, 0.25) is 0 Å². The number of isocyanates is 3. The van der Waals surface area contributed by atoms with Crippen LogP contribution in [-0.4, -0.2) is 18.2 Å². The van der Waals surface area contributed by atoms with E-state index >= 15 is 0 Å². The Morgan fingerprint density at radius 2 is 1.28 bits per heavy atom. The molecular weight excluding hydrogens is 459 g/mol. The monoisotopic (exact) mass is 475 g/mol. The predicted molar refractivity (Wildman–Crippen MR) is 110 cm³/mol. The molecule has 0 amide bonds. The molecule has 0 spiro atoms. The number of halogens is 3. The van der Waals surface area contributed by atoms with E-state index in [1.807, 2.05) is 38.2 Å². The maximum atomic E-state index is 13.5. The predicted octanol–water partition coefficient (Wildman–Crippen LogP) is 5.64. The van der Waals surface area contributed by atoms with Gasteiger partial charge in [0.1, 0.15) is 0 Å². The Morgan fingerprint density at radius 1 is 0.875 bits per heavy atom. The summed E-state index contributed by atoms with van der Waals surface area (Å²) in [5.74, 6) is 0. The molecule has 0 saturated heterocycles. The average Bonchev–Trinajstić information content (AvgIpc) is 3.30. The Hall–Kier alpha value is -3.18. The Labute approximate surface area is 198 Å². The zero-order valence-corrected chi connectivity index (χ0v) is 18.6. The molecule has 0 unspecified atom stereocenters. The van der Waals surface area contributed by atoms with Gasteiger partial charge in [-0.3, -0.25) is 14.4 Å². The maximum absolute atomic E-state index is 13.5. The van der Waals surface area contributed by atoms with Crippen molar-refractivity contribution in [3.8, 4) is 0 Å². The minimum Gasteiger partial charge on any atom is -0.724 e. The van der Waals surface area contributed by atoms with Gasteiger partial charge in [-0.2, -0.15) is 31.4 Å². The summed E-state index contributed by atoms with van der Waals surface area (Å²) in [6.07, 6.45) is 6.08. The first-order valence-electron chi connectivity index (χ1n) is 8.53. The van der Waals surface area contributed by atoms with Crippen molar-refractivity contribution in [3.63, 3.8) is 0 Å². The average molecular weight is 475 g/mol. The normalized spacial score (nSPS) is 13.2. The second-order valence-corrected chi connectivity index (χ2v) is 5.95. The molecule has 2 aliphatic carbocycles. The number of rotatable bonds is 2. The van der Waals surface area contributed by atoms with E-state index in [2.05, 4.69) is 6.07 Å². The van der Waals surface area contributed by atoms with Crippen LogP contribution in [0.5, 0.6) is 0 Å². The third kappa shape index (κ3) is 8.90. The van der Waals surface area contributed by atoms with E-state index in [0.29, 0.717) is 42.2 Å². The van der Waals surface area contributed by atoms with Gasteiger partial charge >= 0.3 is 27.9 Å². The summed E-state index contributed by atoms with van der Waals surface area (Å²) in [6.45, 7) is 3.81. The second-order valence-electron chi connectivity index (χ2n) is 5.95. The third-order valence-corrected chi connectivity index (χ3v) is 4.24. The van der Waals surface area contributed by atoms with E-state index in [0.717, 1.165) is 22.3 Å². The van der Waals surface area contributed by atoms with Crippen molar-refractivity contribution in [2.45, 2.75) is 32.9 Å². The summed E-state index contributed by atoms with van der Waals surface area (Å²) in [5.41, 5.74) is 3.99. The Kier molecular flexibility index (Phi) is 15.1. The molecular formula is C22H16F3N3O3Ti. The summed E-state index contributed by atoms with van der Waals surface area (Å²) >= 11 is 0. The third-order valence-electron chi connectivity index (χ3n) is 4.24. The first-order valence-corrected chi connectivity index (χ1v) is 8.53. The van der Waals surface area contributed by atoms with Gasteiger partial charge < -0.3 is 16.2 Å². The van der Waals surface area contributed by atoms with E-state index in [4.69, 9.17) is 30.6 Å². The van der Waals surface area contributed by atoms with Gasteiger partial charge in [-0.25, -0.2) is 0 Å². The van der Waals surface area contributed by atoms with Crippen molar-refractivity contribution in [2.75, 3.05) is 0 Å². The summed E-state index contributed by atoms with van der Waals surface area (Å²) in [7, 11) is 0. The summed E-state index contributed by atoms with van der Waals surface area (Å²) < 4.78 is 40.5. The molecule has 0 N–H and O–H groups in total.